The minimum atomic E-state index is -0.835. The molecule has 2 rings (SSSR count). The van der Waals surface area contributed by atoms with Crippen LogP contribution in [0.15, 0.2) is 23.6 Å². The fourth-order valence-corrected chi connectivity index (χ4v) is 2.72. The number of thiazole rings is 1. The molecule has 6 heteroatoms. The molecule has 1 heterocycles. The summed E-state index contributed by atoms with van der Waals surface area (Å²) in [6, 6.07) is 3.99. The minimum Gasteiger partial charge on any atom is -0.271 e. The second-order valence-corrected chi connectivity index (χ2v) is 5.31. The lowest BCUT2D eigenvalue weighted by molar-refractivity contribution is 0.473. The van der Waals surface area contributed by atoms with Crippen molar-refractivity contribution in [2.45, 2.75) is 25.8 Å². The molecule has 0 amide bonds. The first-order valence-electron chi connectivity index (χ1n) is 5.90. The van der Waals surface area contributed by atoms with E-state index in [0.29, 0.717) is 18.4 Å². The highest BCUT2D eigenvalue weighted by molar-refractivity contribution is 7.09. The lowest BCUT2D eigenvalue weighted by Crippen LogP contribution is -2.38. The maximum Gasteiger partial charge on any atom is 0.162 e. The van der Waals surface area contributed by atoms with Crippen LogP contribution in [0.4, 0.5) is 8.78 Å². The number of nitrogens with one attached hydrogen (secondary N) is 1. The molecule has 19 heavy (non-hydrogen) atoms. The Morgan fingerprint density at radius 1 is 1.37 bits per heavy atom. The van der Waals surface area contributed by atoms with Crippen LogP contribution in [0.5, 0.6) is 0 Å². The molecule has 0 spiro atoms. The Hall–Kier alpha value is -1.37. The van der Waals surface area contributed by atoms with E-state index < -0.39 is 11.6 Å². The van der Waals surface area contributed by atoms with Crippen molar-refractivity contribution in [2.75, 3.05) is 0 Å². The van der Waals surface area contributed by atoms with E-state index in [1.165, 1.54) is 17.4 Å². The van der Waals surface area contributed by atoms with Crippen LogP contribution in [0.25, 0.3) is 0 Å². The quantitative estimate of drug-likeness (QED) is 0.654. The van der Waals surface area contributed by atoms with E-state index in [1.807, 2.05) is 12.3 Å². The van der Waals surface area contributed by atoms with Crippen LogP contribution >= 0.6 is 11.3 Å². The molecule has 0 aliphatic rings. The van der Waals surface area contributed by atoms with Gasteiger partial charge in [-0.15, -0.1) is 11.3 Å². The number of hydrogen-bond acceptors (Lipinski definition) is 4. The number of hydrogen-bond donors (Lipinski definition) is 2. The van der Waals surface area contributed by atoms with Crippen LogP contribution in [0, 0.1) is 18.6 Å². The summed E-state index contributed by atoms with van der Waals surface area (Å²) < 4.78 is 26.7. The largest absolute Gasteiger partial charge is 0.271 e. The van der Waals surface area contributed by atoms with Crippen molar-refractivity contribution in [2.24, 2.45) is 5.84 Å². The predicted octanol–water partition coefficient (Wildman–Crippen LogP) is 2.35. The molecule has 0 aliphatic heterocycles. The van der Waals surface area contributed by atoms with Gasteiger partial charge in [0.15, 0.2) is 11.6 Å². The van der Waals surface area contributed by atoms with Gasteiger partial charge < -0.3 is 0 Å². The highest BCUT2D eigenvalue weighted by atomic mass is 32.1. The molecule has 1 aromatic heterocycles. The van der Waals surface area contributed by atoms with Gasteiger partial charge >= 0.3 is 0 Å². The average molecular weight is 283 g/mol. The van der Waals surface area contributed by atoms with Gasteiger partial charge in [0.05, 0.1) is 5.01 Å². The van der Waals surface area contributed by atoms with E-state index in [0.717, 1.165) is 16.8 Å². The van der Waals surface area contributed by atoms with Gasteiger partial charge in [0, 0.05) is 23.5 Å². The zero-order valence-corrected chi connectivity index (χ0v) is 11.3. The van der Waals surface area contributed by atoms with E-state index in [2.05, 4.69) is 10.4 Å². The molecule has 3 nitrogen and oxygen atoms in total. The molecule has 0 fully saturated rings. The van der Waals surface area contributed by atoms with Gasteiger partial charge in [-0.1, -0.05) is 12.1 Å². The van der Waals surface area contributed by atoms with E-state index >= 15 is 0 Å². The van der Waals surface area contributed by atoms with Crippen LogP contribution in [0.2, 0.25) is 0 Å². The number of nitrogens with two attached hydrogens (primary N) is 1. The summed E-state index contributed by atoms with van der Waals surface area (Å²) in [6.45, 7) is 1.91. The van der Waals surface area contributed by atoms with Crippen molar-refractivity contribution in [1.29, 1.82) is 0 Å². The van der Waals surface area contributed by atoms with Crippen molar-refractivity contribution < 1.29 is 8.78 Å². The number of hydrazine groups is 1. The SMILES string of the molecule is Cc1csc(CC(Cc2cccc(F)c2F)NN)n1. The average Bonchev–Trinajstić information content (AvgIpc) is 2.79. The van der Waals surface area contributed by atoms with Gasteiger partial charge in [-0.25, -0.2) is 13.8 Å². The second-order valence-electron chi connectivity index (χ2n) is 4.37. The maximum absolute atomic E-state index is 13.6. The number of benzene rings is 1. The first kappa shape index (κ1) is 14.0. The summed E-state index contributed by atoms with van der Waals surface area (Å²) >= 11 is 1.54. The Morgan fingerprint density at radius 2 is 2.16 bits per heavy atom. The van der Waals surface area contributed by atoms with Crippen molar-refractivity contribution in [3.05, 3.63) is 51.5 Å². The first-order chi connectivity index (χ1) is 9.10. The Bertz CT molecular complexity index is 557. The molecule has 1 aromatic carbocycles. The molecule has 2 aromatic rings. The second kappa shape index (κ2) is 6.18. The van der Waals surface area contributed by atoms with Crippen molar-refractivity contribution in [1.82, 2.24) is 10.4 Å². The first-order valence-corrected chi connectivity index (χ1v) is 6.78. The molecule has 0 saturated carbocycles. The number of aryl methyl sites for hydroxylation is 1. The molecule has 0 bridgehead atoms. The highest BCUT2D eigenvalue weighted by Crippen LogP contribution is 2.16. The number of halogens is 2. The minimum absolute atomic E-state index is 0.179. The summed E-state index contributed by atoms with van der Waals surface area (Å²) in [7, 11) is 0. The molecule has 0 saturated heterocycles. The number of nitrogens with zero attached hydrogens (tertiary/aromatic N) is 1. The monoisotopic (exact) mass is 283 g/mol. The molecule has 3 N–H and O–H groups in total. The third-order valence-corrected chi connectivity index (χ3v) is 3.81. The Balaban J connectivity index is 2.08. The third-order valence-electron chi connectivity index (χ3n) is 2.82. The maximum atomic E-state index is 13.6. The Kier molecular flexibility index (Phi) is 4.57. The van der Waals surface area contributed by atoms with Crippen LogP contribution in [0.3, 0.4) is 0 Å². The zero-order valence-electron chi connectivity index (χ0n) is 10.5. The van der Waals surface area contributed by atoms with Crippen molar-refractivity contribution >= 4 is 11.3 Å². The molecule has 1 unspecified atom stereocenters. The van der Waals surface area contributed by atoms with Crippen LogP contribution in [-0.2, 0) is 12.8 Å². The fraction of sp³-hybridized carbons (Fsp3) is 0.308. The molecule has 102 valence electrons. The lowest BCUT2D eigenvalue weighted by atomic mass is 10.0. The van der Waals surface area contributed by atoms with Gasteiger partial charge in [0.25, 0.3) is 0 Å². The summed E-state index contributed by atoms with van der Waals surface area (Å²) in [5.74, 6) is 3.83. The zero-order chi connectivity index (χ0) is 13.8. The van der Waals surface area contributed by atoms with Gasteiger partial charge in [0.1, 0.15) is 0 Å². The van der Waals surface area contributed by atoms with Crippen molar-refractivity contribution in [3.8, 4) is 0 Å². The van der Waals surface area contributed by atoms with Gasteiger partial charge in [-0.3, -0.25) is 11.3 Å². The van der Waals surface area contributed by atoms with Gasteiger partial charge in [-0.05, 0) is 25.0 Å². The van der Waals surface area contributed by atoms with Crippen LogP contribution in [-0.4, -0.2) is 11.0 Å². The topological polar surface area (TPSA) is 50.9 Å². The molecule has 1 atom stereocenters. The van der Waals surface area contributed by atoms with E-state index in [4.69, 9.17) is 5.84 Å². The third kappa shape index (κ3) is 3.56. The molecular weight excluding hydrogens is 268 g/mol. The highest BCUT2D eigenvalue weighted by Gasteiger charge is 2.15. The van der Waals surface area contributed by atoms with Gasteiger partial charge in [-0.2, -0.15) is 0 Å². The molecular formula is C13H15F2N3S. The predicted molar refractivity (Wildman–Crippen MR) is 71.7 cm³/mol. The van der Waals surface area contributed by atoms with E-state index in [-0.39, 0.29) is 6.04 Å². The van der Waals surface area contributed by atoms with Gasteiger partial charge in [0.2, 0.25) is 0 Å². The summed E-state index contributed by atoms with van der Waals surface area (Å²) in [5, 5.41) is 2.88. The normalized spacial score (nSPS) is 12.6. The smallest absolute Gasteiger partial charge is 0.162 e. The lowest BCUT2D eigenvalue weighted by Gasteiger charge is -2.15. The summed E-state index contributed by atoms with van der Waals surface area (Å²) in [6.07, 6.45) is 0.906. The Morgan fingerprint density at radius 3 is 2.79 bits per heavy atom. The fourth-order valence-electron chi connectivity index (χ4n) is 1.87. The molecule has 0 radical (unpaired) electrons. The standard InChI is InChI=1S/C13H15F2N3S/c1-8-7-19-12(17-8)6-10(18-16)5-9-3-2-4-11(14)13(9)15/h2-4,7,10,18H,5-6,16H2,1H3. The number of rotatable bonds is 5. The van der Waals surface area contributed by atoms with Crippen molar-refractivity contribution in [3.63, 3.8) is 0 Å². The van der Waals surface area contributed by atoms with Crippen LogP contribution in [0.1, 0.15) is 16.3 Å². The van der Waals surface area contributed by atoms with E-state index in [1.54, 1.807) is 6.07 Å². The van der Waals surface area contributed by atoms with E-state index in [9.17, 15) is 8.78 Å². The summed E-state index contributed by atoms with van der Waals surface area (Å²) in [5.41, 5.74) is 3.90. The number of aromatic nitrogens is 1. The summed E-state index contributed by atoms with van der Waals surface area (Å²) in [4.78, 5) is 4.34. The Labute approximate surface area is 114 Å². The molecule has 0 aliphatic carbocycles. The van der Waals surface area contributed by atoms with Crippen LogP contribution < -0.4 is 11.3 Å².